The Labute approximate surface area is 343 Å². The van der Waals surface area contributed by atoms with E-state index in [1.807, 2.05) is 39.4 Å². The van der Waals surface area contributed by atoms with E-state index in [0.29, 0.717) is 17.4 Å². The molecule has 0 heterocycles. The summed E-state index contributed by atoms with van der Waals surface area (Å²) in [6.45, 7) is 4.35. The predicted octanol–water partition coefficient (Wildman–Crippen LogP) is 12.7. The van der Waals surface area contributed by atoms with E-state index in [4.69, 9.17) is 18.5 Å². The number of likely N-dealkylation sites (N-methyl/N-ethyl adjacent to an activating group) is 1. The van der Waals surface area contributed by atoms with Crippen molar-refractivity contribution in [3.8, 4) is 0 Å². The first-order valence-electron chi connectivity index (χ1n) is 22.4. The number of unbranched alkanes of at least 4 members (excludes halogenated alkanes) is 21. The topological polar surface area (TPSA) is 108 Å². The highest BCUT2D eigenvalue weighted by Crippen LogP contribution is 2.43. The van der Waals surface area contributed by atoms with Gasteiger partial charge in [0.25, 0.3) is 0 Å². The summed E-state index contributed by atoms with van der Waals surface area (Å²) < 4.78 is 34.3. The Hall–Kier alpha value is -2.03. The highest BCUT2D eigenvalue weighted by molar-refractivity contribution is 7.47. The molecule has 0 aliphatic carbocycles. The lowest BCUT2D eigenvalue weighted by molar-refractivity contribution is -0.870. The molecule has 0 aliphatic heterocycles. The Bertz CT molecular complexity index is 1100. The average molecular weight is 811 g/mol. The van der Waals surface area contributed by atoms with Crippen molar-refractivity contribution in [1.82, 2.24) is 0 Å². The molecule has 0 aromatic rings. The van der Waals surface area contributed by atoms with Crippen LogP contribution >= 0.6 is 7.82 Å². The fraction of sp³-hybridized carbons (Fsp3) is 0.783. The van der Waals surface area contributed by atoms with Crippen molar-refractivity contribution >= 4 is 19.8 Å². The summed E-state index contributed by atoms with van der Waals surface area (Å²) in [6.07, 6.45) is 44.3. The number of ether oxygens (including phenoxy) is 2. The Kier molecular flexibility index (Phi) is 37.1. The average Bonchev–Trinajstić information content (AvgIpc) is 3.15. The van der Waals surface area contributed by atoms with Gasteiger partial charge in [0, 0.05) is 12.8 Å². The number of hydrogen-bond acceptors (Lipinski definition) is 7. The van der Waals surface area contributed by atoms with Gasteiger partial charge in [-0.05, 0) is 38.5 Å². The zero-order chi connectivity index (χ0) is 41.4. The molecule has 1 N–H and O–H groups in total. The second-order valence-corrected chi connectivity index (χ2v) is 17.6. The summed E-state index contributed by atoms with van der Waals surface area (Å²) in [5, 5.41) is 0. The number of esters is 2. The number of phosphoric acid groups is 1. The Morgan fingerprint density at radius 1 is 0.554 bits per heavy atom. The van der Waals surface area contributed by atoms with Gasteiger partial charge >= 0.3 is 19.8 Å². The van der Waals surface area contributed by atoms with Crippen molar-refractivity contribution in [2.45, 2.75) is 187 Å². The van der Waals surface area contributed by atoms with Crippen LogP contribution in [0.25, 0.3) is 0 Å². The molecule has 2 atom stereocenters. The van der Waals surface area contributed by atoms with E-state index in [2.05, 4.69) is 44.2 Å². The lowest BCUT2D eigenvalue weighted by atomic mass is 10.0. The minimum Gasteiger partial charge on any atom is -0.462 e. The third-order valence-electron chi connectivity index (χ3n) is 9.46. The Morgan fingerprint density at radius 3 is 1.46 bits per heavy atom. The summed E-state index contributed by atoms with van der Waals surface area (Å²) >= 11 is 0. The fourth-order valence-corrected chi connectivity index (χ4v) is 6.65. The molecular weight excluding hydrogens is 725 g/mol. The molecular formula is C46H85NO8P+. The van der Waals surface area contributed by atoms with Gasteiger partial charge in [0.05, 0.1) is 27.7 Å². The second kappa shape index (κ2) is 38.5. The maximum Gasteiger partial charge on any atom is 0.472 e. The van der Waals surface area contributed by atoms with E-state index in [1.165, 1.54) is 96.3 Å². The molecule has 0 rings (SSSR count). The highest BCUT2D eigenvalue weighted by Gasteiger charge is 2.27. The molecule has 0 saturated heterocycles. The molecule has 0 bridgehead atoms. The summed E-state index contributed by atoms with van der Waals surface area (Å²) in [6, 6.07) is 0. The first-order valence-corrected chi connectivity index (χ1v) is 23.9. The minimum absolute atomic E-state index is 0.0247. The van der Waals surface area contributed by atoms with Gasteiger partial charge < -0.3 is 18.9 Å². The summed E-state index contributed by atoms with van der Waals surface area (Å²) in [5.74, 6) is -0.830. The molecule has 56 heavy (non-hydrogen) atoms. The van der Waals surface area contributed by atoms with Gasteiger partial charge in [0.1, 0.15) is 19.8 Å². The van der Waals surface area contributed by atoms with Crippen LogP contribution in [0.5, 0.6) is 0 Å². The number of allylic oxidation sites excluding steroid dienone is 8. The number of rotatable bonds is 40. The SMILES string of the molecule is CCCCC\C=C/C=C\C=C/C=C\CCCCCCC(=O)O[C@H](COC(=O)CCCCCCCCCCCCCCCCC)COP(=O)(O)OCC[N+](C)(C)C. The van der Waals surface area contributed by atoms with Gasteiger partial charge in [0.15, 0.2) is 6.10 Å². The van der Waals surface area contributed by atoms with Gasteiger partial charge in [-0.25, -0.2) is 4.57 Å². The number of quaternary nitrogens is 1. The van der Waals surface area contributed by atoms with Crippen molar-refractivity contribution in [2.75, 3.05) is 47.5 Å². The second-order valence-electron chi connectivity index (χ2n) is 16.2. The molecule has 10 heteroatoms. The lowest BCUT2D eigenvalue weighted by Gasteiger charge is -2.24. The smallest absolute Gasteiger partial charge is 0.462 e. The maximum atomic E-state index is 12.7. The monoisotopic (exact) mass is 811 g/mol. The molecule has 9 nitrogen and oxygen atoms in total. The van der Waals surface area contributed by atoms with Crippen LogP contribution in [0.1, 0.15) is 181 Å². The third kappa shape index (κ3) is 41.6. The summed E-state index contributed by atoms with van der Waals surface area (Å²) in [5.41, 5.74) is 0. The highest BCUT2D eigenvalue weighted by atomic mass is 31.2. The van der Waals surface area contributed by atoms with E-state index < -0.39 is 26.5 Å². The molecule has 0 saturated carbocycles. The van der Waals surface area contributed by atoms with E-state index in [1.54, 1.807) is 0 Å². The number of nitrogens with zero attached hydrogens (tertiary/aromatic N) is 1. The van der Waals surface area contributed by atoms with Crippen LogP contribution in [0, 0.1) is 0 Å². The van der Waals surface area contributed by atoms with E-state index in [9.17, 15) is 19.0 Å². The Balaban J connectivity index is 4.42. The summed E-state index contributed by atoms with van der Waals surface area (Å²) in [4.78, 5) is 35.4. The molecule has 0 fully saturated rings. The molecule has 1 unspecified atom stereocenters. The van der Waals surface area contributed by atoms with Gasteiger partial charge in [0.2, 0.25) is 0 Å². The van der Waals surface area contributed by atoms with Crippen LogP contribution < -0.4 is 0 Å². The van der Waals surface area contributed by atoms with Crippen molar-refractivity contribution < 1.29 is 42.1 Å². The van der Waals surface area contributed by atoms with Crippen molar-refractivity contribution in [3.63, 3.8) is 0 Å². The molecule has 0 aliphatic rings. The molecule has 0 amide bonds. The van der Waals surface area contributed by atoms with Gasteiger partial charge in [-0.15, -0.1) is 0 Å². The van der Waals surface area contributed by atoms with E-state index >= 15 is 0 Å². The van der Waals surface area contributed by atoms with Crippen LogP contribution in [-0.4, -0.2) is 74.9 Å². The van der Waals surface area contributed by atoms with Crippen molar-refractivity contribution in [1.29, 1.82) is 0 Å². The number of hydrogen-bond donors (Lipinski definition) is 1. The van der Waals surface area contributed by atoms with Crippen LogP contribution in [0.15, 0.2) is 48.6 Å². The standard InChI is InChI=1S/C46H84NO8P/c1-6-8-10-12-14-16-18-20-22-23-25-27-29-31-33-35-37-39-46(49)55-44(43-54-56(50,51)53-41-40-47(3,4)5)42-52-45(48)38-36-34-32-30-28-26-24-21-19-17-15-13-11-9-7-2/h14,16,18,20,22-23,25,27,44H,6-13,15,17,19,21,24,26,28-43H2,1-5H3/p+1/b16-14-,20-18-,23-22-,27-25-/t44-/m1/s1. The third-order valence-corrected chi connectivity index (χ3v) is 10.4. The Morgan fingerprint density at radius 2 is 0.964 bits per heavy atom. The van der Waals surface area contributed by atoms with Gasteiger partial charge in [-0.1, -0.05) is 178 Å². The van der Waals surface area contributed by atoms with Crippen LogP contribution in [0.3, 0.4) is 0 Å². The molecule has 0 aromatic carbocycles. The fourth-order valence-electron chi connectivity index (χ4n) is 5.91. The summed E-state index contributed by atoms with van der Waals surface area (Å²) in [7, 11) is 1.45. The normalized spacial score (nSPS) is 14.0. The van der Waals surface area contributed by atoms with Crippen LogP contribution in [0.2, 0.25) is 0 Å². The minimum atomic E-state index is -4.38. The molecule has 326 valence electrons. The van der Waals surface area contributed by atoms with E-state index in [0.717, 1.165) is 51.4 Å². The molecule has 0 aromatic heterocycles. The number of phosphoric ester groups is 1. The quantitative estimate of drug-likeness (QED) is 0.0214. The van der Waals surface area contributed by atoms with Crippen LogP contribution in [-0.2, 0) is 32.7 Å². The largest absolute Gasteiger partial charge is 0.472 e. The molecule has 0 spiro atoms. The van der Waals surface area contributed by atoms with Crippen molar-refractivity contribution in [2.24, 2.45) is 0 Å². The maximum absolute atomic E-state index is 12.7. The molecule has 0 radical (unpaired) electrons. The van der Waals surface area contributed by atoms with Crippen LogP contribution in [0.4, 0.5) is 0 Å². The zero-order valence-corrected chi connectivity index (χ0v) is 37.5. The van der Waals surface area contributed by atoms with Crippen molar-refractivity contribution in [3.05, 3.63) is 48.6 Å². The predicted molar refractivity (Wildman–Crippen MR) is 233 cm³/mol. The number of carbonyl (C=O) groups excluding carboxylic acids is 2. The first kappa shape index (κ1) is 54.0. The zero-order valence-electron chi connectivity index (χ0n) is 36.6. The first-order chi connectivity index (χ1) is 27.0. The van der Waals surface area contributed by atoms with Gasteiger partial charge in [-0.2, -0.15) is 0 Å². The van der Waals surface area contributed by atoms with Gasteiger partial charge in [-0.3, -0.25) is 18.6 Å². The lowest BCUT2D eigenvalue weighted by Crippen LogP contribution is -2.37. The van der Waals surface area contributed by atoms with E-state index in [-0.39, 0.29) is 32.0 Å². The number of carbonyl (C=O) groups is 2.